The molecular formula is C9H14N4O. The molecule has 1 aromatic heterocycles. The van der Waals surface area contributed by atoms with E-state index in [0.717, 1.165) is 11.6 Å². The molecule has 0 bridgehead atoms. The Morgan fingerprint density at radius 2 is 2.14 bits per heavy atom. The molecule has 0 radical (unpaired) electrons. The molecular weight excluding hydrogens is 180 g/mol. The zero-order valence-electron chi connectivity index (χ0n) is 8.37. The van der Waals surface area contributed by atoms with Crippen LogP contribution in [-0.4, -0.2) is 29.3 Å². The lowest BCUT2D eigenvalue weighted by molar-refractivity contribution is -0.116. The summed E-state index contributed by atoms with van der Waals surface area (Å²) in [6, 6.07) is 1.79. The van der Waals surface area contributed by atoms with E-state index in [0.29, 0.717) is 13.0 Å². The van der Waals surface area contributed by atoms with E-state index >= 15 is 0 Å². The first-order valence-electron chi connectivity index (χ1n) is 4.45. The monoisotopic (exact) mass is 194 g/mol. The van der Waals surface area contributed by atoms with Crippen LogP contribution in [0.25, 0.3) is 0 Å². The van der Waals surface area contributed by atoms with Crippen LogP contribution >= 0.6 is 0 Å². The Bertz CT molecular complexity index is 313. The van der Waals surface area contributed by atoms with Crippen LogP contribution in [0.4, 0.5) is 11.6 Å². The first-order chi connectivity index (χ1) is 6.72. The van der Waals surface area contributed by atoms with Gasteiger partial charge in [0.05, 0.1) is 0 Å². The van der Waals surface area contributed by atoms with Crippen LogP contribution in [0, 0.1) is 0 Å². The molecule has 0 saturated carbocycles. The maximum atomic E-state index is 10.7. The third kappa shape index (κ3) is 3.38. The van der Waals surface area contributed by atoms with Gasteiger partial charge in [-0.3, -0.25) is 4.79 Å². The molecule has 0 saturated heterocycles. The summed E-state index contributed by atoms with van der Waals surface area (Å²) in [5.41, 5.74) is 0. The van der Waals surface area contributed by atoms with Crippen LogP contribution in [-0.2, 0) is 4.79 Å². The lowest BCUT2D eigenvalue weighted by atomic mass is 10.3. The number of nitrogens with one attached hydrogen (secondary N) is 2. The fourth-order valence-electron chi connectivity index (χ4n) is 0.957. The highest BCUT2D eigenvalue weighted by Crippen LogP contribution is 2.07. The number of carbonyl (C=O) groups excluding carboxylic acids is 1. The van der Waals surface area contributed by atoms with Gasteiger partial charge in [0, 0.05) is 26.1 Å². The third-order valence-corrected chi connectivity index (χ3v) is 1.71. The Kier molecular flexibility index (Phi) is 3.84. The maximum absolute atomic E-state index is 10.7. The predicted molar refractivity (Wildman–Crippen MR) is 55.4 cm³/mol. The molecule has 0 fully saturated rings. The highest BCUT2D eigenvalue weighted by molar-refractivity contribution is 5.75. The van der Waals surface area contributed by atoms with E-state index in [1.165, 1.54) is 6.33 Å². The van der Waals surface area contributed by atoms with Crippen LogP contribution in [0.15, 0.2) is 12.4 Å². The van der Waals surface area contributed by atoms with Crippen molar-refractivity contribution in [2.24, 2.45) is 0 Å². The molecule has 5 heteroatoms. The zero-order chi connectivity index (χ0) is 10.4. The molecule has 1 heterocycles. The van der Waals surface area contributed by atoms with Gasteiger partial charge in [0.1, 0.15) is 23.7 Å². The van der Waals surface area contributed by atoms with Gasteiger partial charge in [-0.25, -0.2) is 9.97 Å². The van der Waals surface area contributed by atoms with E-state index in [9.17, 15) is 4.79 Å². The molecule has 0 aliphatic rings. The van der Waals surface area contributed by atoms with E-state index in [-0.39, 0.29) is 5.78 Å². The normalized spacial score (nSPS) is 9.57. The average Bonchev–Trinajstić information content (AvgIpc) is 2.18. The minimum Gasteiger partial charge on any atom is -0.373 e. The molecule has 0 atom stereocenters. The Labute approximate surface area is 83.0 Å². The van der Waals surface area contributed by atoms with Gasteiger partial charge in [-0.2, -0.15) is 0 Å². The number of nitrogens with zero attached hydrogens (tertiary/aromatic N) is 2. The van der Waals surface area contributed by atoms with E-state index in [1.54, 1.807) is 20.0 Å². The van der Waals surface area contributed by atoms with Crippen molar-refractivity contribution in [1.82, 2.24) is 9.97 Å². The molecule has 2 N–H and O–H groups in total. The van der Waals surface area contributed by atoms with Gasteiger partial charge >= 0.3 is 0 Å². The van der Waals surface area contributed by atoms with Gasteiger partial charge in [0.2, 0.25) is 0 Å². The molecule has 0 spiro atoms. The van der Waals surface area contributed by atoms with Crippen molar-refractivity contribution in [3.05, 3.63) is 12.4 Å². The summed E-state index contributed by atoms with van der Waals surface area (Å²) in [4.78, 5) is 18.7. The highest BCUT2D eigenvalue weighted by Gasteiger charge is 1.97. The summed E-state index contributed by atoms with van der Waals surface area (Å²) in [5, 5.41) is 5.95. The quantitative estimate of drug-likeness (QED) is 0.729. The predicted octanol–water partition coefficient (Wildman–Crippen LogP) is 0.909. The first-order valence-corrected chi connectivity index (χ1v) is 4.45. The topological polar surface area (TPSA) is 66.9 Å². The van der Waals surface area contributed by atoms with E-state index in [1.807, 2.05) is 0 Å². The SMILES string of the molecule is CNc1cc(NCCC(C)=O)ncn1. The molecule has 1 aromatic rings. The summed E-state index contributed by atoms with van der Waals surface area (Å²) in [5.74, 6) is 1.65. The van der Waals surface area contributed by atoms with Crippen LogP contribution in [0.1, 0.15) is 13.3 Å². The molecule has 0 aliphatic heterocycles. The molecule has 76 valence electrons. The van der Waals surface area contributed by atoms with Crippen LogP contribution in [0.3, 0.4) is 0 Å². The van der Waals surface area contributed by atoms with Gasteiger partial charge in [-0.05, 0) is 6.92 Å². The smallest absolute Gasteiger partial charge is 0.131 e. The Hall–Kier alpha value is -1.65. The van der Waals surface area contributed by atoms with Crippen molar-refractivity contribution < 1.29 is 4.79 Å². The van der Waals surface area contributed by atoms with E-state index in [4.69, 9.17) is 0 Å². The maximum Gasteiger partial charge on any atom is 0.131 e. The fraction of sp³-hybridized carbons (Fsp3) is 0.444. The van der Waals surface area contributed by atoms with E-state index in [2.05, 4.69) is 20.6 Å². The second kappa shape index (κ2) is 5.16. The lowest BCUT2D eigenvalue weighted by Crippen LogP contribution is -2.07. The number of aromatic nitrogens is 2. The van der Waals surface area contributed by atoms with Gasteiger partial charge in [-0.15, -0.1) is 0 Å². The van der Waals surface area contributed by atoms with Crippen LogP contribution in [0.2, 0.25) is 0 Å². The van der Waals surface area contributed by atoms with Crippen molar-refractivity contribution in [2.45, 2.75) is 13.3 Å². The number of hydrogen-bond donors (Lipinski definition) is 2. The van der Waals surface area contributed by atoms with Crippen molar-refractivity contribution in [2.75, 3.05) is 24.2 Å². The summed E-state index contributed by atoms with van der Waals surface area (Å²) in [6.45, 7) is 2.18. The highest BCUT2D eigenvalue weighted by atomic mass is 16.1. The number of anilines is 2. The molecule has 0 amide bonds. The third-order valence-electron chi connectivity index (χ3n) is 1.71. The van der Waals surface area contributed by atoms with Gasteiger partial charge < -0.3 is 10.6 Å². The zero-order valence-corrected chi connectivity index (χ0v) is 8.37. The molecule has 0 aliphatic carbocycles. The fourth-order valence-corrected chi connectivity index (χ4v) is 0.957. The number of carbonyl (C=O) groups is 1. The Morgan fingerprint density at radius 1 is 1.43 bits per heavy atom. The minimum atomic E-state index is 0.167. The van der Waals surface area contributed by atoms with Crippen LogP contribution < -0.4 is 10.6 Å². The number of ketones is 1. The molecule has 14 heavy (non-hydrogen) atoms. The molecule has 5 nitrogen and oxygen atoms in total. The second-order valence-corrected chi connectivity index (χ2v) is 2.92. The standard InChI is InChI=1S/C9H14N4O/c1-7(14)3-4-11-9-5-8(10-2)12-6-13-9/h5-6H,3-4H2,1-2H3,(H2,10,11,12,13). The summed E-state index contributed by atoms with van der Waals surface area (Å²) >= 11 is 0. The minimum absolute atomic E-state index is 0.167. The van der Waals surface area contributed by atoms with Gasteiger partial charge in [0.25, 0.3) is 0 Å². The molecule has 0 unspecified atom stereocenters. The Balaban J connectivity index is 2.46. The lowest BCUT2D eigenvalue weighted by Gasteiger charge is -2.04. The summed E-state index contributed by atoms with van der Waals surface area (Å²) in [6.07, 6.45) is 1.99. The number of hydrogen-bond acceptors (Lipinski definition) is 5. The summed E-state index contributed by atoms with van der Waals surface area (Å²) in [7, 11) is 1.79. The van der Waals surface area contributed by atoms with Crippen molar-refractivity contribution >= 4 is 17.4 Å². The number of rotatable bonds is 5. The number of Topliss-reactive ketones (excluding diaryl/α,β-unsaturated/α-hetero) is 1. The summed E-state index contributed by atoms with van der Waals surface area (Å²) < 4.78 is 0. The largest absolute Gasteiger partial charge is 0.373 e. The van der Waals surface area contributed by atoms with Crippen molar-refractivity contribution in [3.8, 4) is 0 Å². The van der Waals surface area contributed by atoms with Crippen molar-refractivity contribution in [3.63, 3.8) is 0 Å². The van der Waals surface area contributed by atoms with Crippen molar-refractivity contribution in [1.29, 1.82) is 0 Å². The van der Waals surface area contributed by atoms with Gasteiger partial charge in [-0.1, -0.05) is 0 Å². The van der Waals surface area contributed by atoms with Gasteiger partial charge in [0.15, 0.2) is 0 Å². The van der Waals surface area contributed by atoms with Crippen LogP contribution in [0.5, 0.6) is 0 Å². The molecule has 1 rings (SSSR count). The average molecular weight is 194 g/mol. The second-order valence-electron chi connectivity index (χ2n) is 2.92. The molecule has 0 aromatic carbocycles. The van der Waals surface area contributed by atoms with E-state index < -0.39 is 0 Å². The Morgan fingerprint density at radius 3 is 2.79 bits per heavy atom. The first kappa shape index (κ1) is 10.4.